The topological polar surface area (TPSA) is 58.9 Å². The molecule has 134 valence electrons. The molecule has 4 aliphatic carbocycles. The highest BCUT2D eigenvalue weighted by Gasteiger charge is 2.76. The molecule has 0 aromatic carbocycles. The number of ether oxygens (including phenoxy) is 1. The van der Waals surface area contributed by atoms with E-state index in [4.69, 9.17) is 4.74 Å². The van der Waals surface area contributed by atoms with Crippen molar-refractivity contribution in [2.24, 2.45) is 39.7 Å². The Morgan fingerprint density at radius 2 is 2.04 bits per heavy atom. The third-order valence-corrected chi connectivity index (χ3v) is 8.51. The second-order valence-electron chi connectivity index (χ2n) is 9.11. The van der Waals surface area contributed by atoms with Crippen molar-refractivity contribution in [3.63, 3.8) is 0 Å². The van der Waals surface area contributed by atoms with E-state index in [-0.39, 0.29) is 23.4 Å². The van der Waals surface area contributed by atoms with Gasteiger partial charge < -0.3 is 9.94 Å². The molecule has 1 spiro atoms. The van der Waals surface area contributed by atoms with Crippen LogP contribution in [0, 0.1) is 34.5 Å². The van der Waals surface area contributed by atoms with Gasteiger partial charge in [0.05, 0.1) is 11.8 Å². The molecule has 4 heteroatoms. The maximum Gasteiger partial charge on any atom is 0.136 e. The molecular formula is C20H31NO3. The predicted octanol–water partition coefficient (Wildman–Crippen LogP) is 4.05. The predicted molar refractivity (Wildman–Crippen MR) is 92.1 cm³/mol. The zero-order valence-corrected chi connectivity index (χ0v) is 15.3. The highest BCUT2D eigenvalue weighted by Crippen LogP contribution is 2.80. The van der Waals surface area contributed by atoms with Crippen LogP contribution in [-0.2, 0) is 9.53 Å². The lowest BCUT2D eigenvalue weighted by molar-refractivity contribution is -0.146. The number of ketones is 1. The van der Waals surface area contributed by atoms with E-state index in [1.165, 1.54) is 19.3 Å². The summed E-state index contributed by atoms with van der Waals surface area (Å²) in [6.45, 7) is 4.60. The van der Waals surface area contributed by atoms with E-state index in [1.807, 2.05) is 7.11 Å². The molecule has 7 atom stereocenters. The summed E-state index contributed by atoms with van der Waals surface area (Å²) in [6.07, 6.45) is 8.28. The smallest absolute Gasteiger partial charge is 0.136 e. The van der Waals surface area contributed by atoms with Crippen LogP contribution in [0.4, 0.5) is 0 Å². The Bertz CT molecular complexity index is 573. The second-order valence-corrected chi connectivity index (χ2v) is 9.11. The first-order chi connectivity index (χ1) is 11.5. The highest BCUT2D eigenvalue weighted by molar-refractivity contribution is 5.91. The Hall–Kier alpha value is -0.900. The quantitative estimate of drug-likeness (QED) is 0.581. The number of carbonyl (C=O) groups is 1. The molecule has 4 nitrogen and oxygen atoms in total. The van der Waals surface area contributed by atoms with Crippen LogP contribution >= 0.6 is 0 Å². The van der Waals surface area contributed by atoms with E-state index >= 15 is 0 Å². The first-order valence-corrected chi connectivity index (χ1v) is 9.74. The molecular weight excluding hydrogens is 302 g/mol. The van der Waals surface area contributed by atoms with Crippen molar-refractivity contribution < 1.29 is 14.7 Å². The Morgan fingerprint density at radius 1 is 1.25 bits per heavy atom. The first kappa shape index (κ1) is 16.6. The number of methoxy groups -OCH3 is 1. The molecule has 4 aliphatic rings. The van der Waals surface area contributed by atoms with Gasteiger partial charge in [0, 0.05) is 24.9 Å². The molecule has 4 saturated carbocycles. The van der Waals surface area contributed by atoms with Gasteiger partial charge in [-0.15, -0.1) is 0 Å². The fourth-order valence-electron chi connectivity index (χ4n) is 7.07. The van der Waals surface area contributed by atoms with Gasteiger partial charge in [-0.3, -0.25) is 4.79 Å². The molecule has 0 aliphatic heterocycles. The van der Waals surface area contributed by atoms with Crippen molar-refractivity contribution >= 4 is 11.5 Å². The average molecular weight is 333 g/mol. The number of hydrogen-bond acceptors (Lipinski definition) is 4. The minimum absolute atomic E-state index is 0.134. The lowest BCUT2D eigenvalue weighted by Gasteiger charge is -2.53. The molecule has 0 radical (unpaired) electrons. The lowest BCUT2D eigenvalue weighted by atomic mass is 9.52. The summed E-state index contributed by atoms with van der Waals surface area (Å²) >= 11 is 0. The van der Waals surface area contributed by atoms with Crippen LogP contribution in [0.1, 0.15) is 65.2 Å². The van der Waals surface area contributed by atoms with Crippen molar-refractivity contribution in [2.45, 2.75) is 71.3 Å². The maximum atomic E-state index is 13.0. The third kappa shape index (κ3) is 2.01. The molecule has 0 bridgehead atoms. The van der Waals surface area contributed by atoms with Crippen LogP contribution in [0.2, 0.25) is 0 Å². The standard InChI is InChI=1S/C20H31NO3/c1-12-4-5-15-14(17(22)7-6-16(12)21-23)10-18(24-3)20-11-13(20)8-9-19(15,20)2/h12-15,18,23H,4-11H2,1-3H3/b21-16+/t12-,13+,14+,15-,18+,19+,20-/m0/s1. The molecule has 0 amide bonds. The van der Waals surface area contributed by atoms with Crippen molar-refractivity contribution in [1.82, 2.24) is 0 Å². The van der Waals surface area contributed by atoms with Crippen LogP contribution in [-0.4, -0.2) is 29.9 Å². The molecule has 4 rings (SSSR count). The Kier molecular flexibility index (Phi) is 3.83. The number of oxime groups is 1. The first-order valence-electron chi connectivity index (χ1n) is 9.74. The minimum atomic E-state index is 0.134. The number of hydrogen-bond donors (Lipinski definition) is 1. The molecule has 0 unspecified atom stereocenters. The number of nitrogens with zero attached hydrogens (tertiary/aromatic N) is 1. The lowest BCUT2D eigenvalue weighted by Crippen LogP contribution is -2.53. The maximum absolute atomic E-state index is 13.0. The van der Waals surface area contributed by atoms with E-state index < -0.39 is 0 Å². The molecule has 24 heavy (non-hydrogen) atoms. The summed E-state index contributed by atoms with van der Waals surface area (Å²) < 4.78 is 5.96. The summed E-state index contributed by atoms with van der Waals surface area (Å²) in [5.41, 5.74) is 1.40. The van der Waals surface area contributed by atoms with Crippen LogP contribution < -0.4 is 0 Å². The van der Waals surface area contributed by atoms with E-state index in [0.717, 1.165) is 30.9 Å². The monoisotopic (exact) mass is 333 g/mol. The summed E-state index contributed by atoms with van der Waals surface area (Å²) in [4.78, 5) is 13.0. The van der Waals surface area contributed by atoms with E-state index in [0.29, 0.717) is 30.0 Å². The van der Waals surface area contributed by atoms with Gasteiger partial charge in [0.2, 0.25) is 0 Å². The molecule has 0 aromatic rings. The Labute approximate surface area is 145 Å². The van der Waals surface area contributed by atoms with Crippen molar-refractivity contribution in [3.8, 4) is 0 Å². The molecule has 0 aromatic heterocycles. The number of carbonyl (C=O) groups excluding carboxylic acids is 1. The van der Waals surface area contributed by atoms with Crippen LogP contribution in [0.3, 0.4) is 0 Å². The van der Waals surface area contributed by atoms with Crippen molar-refractivity contribution in [1.29, 1.82) is 0 Å². The van der Waals surface area contributed by atoms with E-state index in [2.05, 4.69) is 19.0 Å². The zero-order chi connectivity index (χ0) is 17.1. The normalized spacial score (nSPS) is 52.7. The fourth-order valence-corrected chi connectivity index (χ4v) is 7.07. The summed E-state index contributed by atoms with van der Waals surface area (Å²) in [6, 6.07) is 0. The van der Waals surface area contributed by atoms with Crippen molar-refractivity contribution in [3.05, 3.63) is 0 Å². The molecule has 1 N–H and O–H groups in total. The Balaban J connectivity index is 1.70. The second kappa shape index (κ2) is 5.55. The van der Waals surface area contributed by atoms with Gasteiger partial charge in [0.25, 0.3) is 0 Å². The number of fused-ring (bicyclic) bond motifs is 2. The van der Waals surface area contributed by atoms with Gasteiger partial charge in [-0.25, -0.2) is 0 Å². The SMILES string of the molecule is CO[C@@H]1C[C@H]2C(=O)CC/C(=N\O)[C@@H](C)CC[C@@H]2[C@@]2(C)CC[C@@H]3C[C@]312. The van der Waals surface area contributed by atoms with E-state index in [9.17, 15) is 10.0 Å². The molecule has 0 heterocycles. The van der Waals surface area contributed by atoms with E-state index in [1.54, 1.807) is 0 Å². The largest absolute Gasteiger partial charge is 0.411 e. The van der Waals surface area contributed by atoms with Crippen LogP contribution in [0.15, 0.2) is 5.16 Å². The minimum Gasteiger partial charge on any atom is -0.411 e. The fraction of sp³-hybridized carbons (Fsp3) is 0.900. The summed E-state index contributed by atoms with van der Waals surface area (Å²) in [5.74, 6) is 2.08. The summed E-state index contributed by atoms with van der Waals surface area (Å²) in [5, 5.41) is 12.8. The average Bonchev–Trinajstić information content (AvgIpc) is 3.22. The van der Waals surface area contributed by atoms with Gasteiger partial charge in [-0.05, 0) is 68.1 Å². The number of Topliss-reactive ketones (excluding diaryl/α,β-unsaturated/α-hetero) is 1. The summed E-state index contributed by atoms with van der Waals surface area (Å²) in [7, 11) is 1.84. The van der Waals surface area contributed by atoms with Gasteiger partial charge in [0.1, 0.15) is 5.78 Å². The van der Waals surface area contributed by atoms with Crippen LogP contribution in [0.5, 0.6) is 0 Å². The highest BCUT2D eigenvalue weighted by atomic mass is 16.5. The zero-order valence-electron chi connectivity index (χ0n) is 15.3. The van der Waals surface area contributed by atoms with Gasteiger partial charge in [-0.1, -0.05) is 19.0 Å². The van der Waals surface area contributed by atoms with Gasteiger partial charge >= 0.3 is 0 Å². The van der Waals surface area contributed by atoms with Crippen molar-refractivity contribution in [2.75, 3.05) is 7.11 Å². The Morgan fingerprint density at radius 3 is 2.71 bits per heavy atom. The van der Waals surface area contributed by atoms with Crippen LogP contribution in [0.25, 0.3) is 0 Å². The molecule has 4 fully saturated rings. The molecule has 0 saturated heterocycles. The number of rotatable bonds is 1. The van der Waals surface area contributed by atoms with Gasteiger partial charge in [0.15, 0.2) is 0 Å². The van der Waals surface area contributed by atoms with Gasteiger partial charge in [-0.2, -0.15) is 0 Å². The third-order valence-electron chi connectivity index (χ3n) is 8.51.